The molecule has 4 heteroatoms. The van der Waals surface area contributed by atoms with Gasteiger partial charge >= 0.3 is 0 Å². The van der Waals surface area contributed by atoms with Gasteiger partial charge in [-0.05, 0) is 12.8 Å². The van der Waals surface area contributed by atoms with Crippen molar-refractivity contribution >= 4 is 5.91 Å². The SMILES string of the molecule is CC[C@@H]1[C@H](O)OC=C2C(=O)N(C)CC[C@H]21. The van der Waals surface area contributed by atoms with Gasteiger partial charge in [-0.2, -0.15) is 0 Å². The van der Waals surface area contributed by atoms with Crippen molar-refractivity contribution in [3.63, 3.8) is 0 Å². The van der Waals surface area contributed by atoms with Gasteiger partial charge < -0.3 is 14.7 Å². The van der Waals surface area contributed by atoms with Crippen LogP contribution in [0, 0.1) is 11.8 Å². The zero-order valence-electron chi connectivity index (χ0n) is 9.14. The Kier molecular flexibility index (Phi) is 2.69. The molecular weight excluding hydrogens is 194 g/mol. The van der Waals surface area contributed by atoms with Crippen molar-refractivity contribution in [2.24, 2.45) is 11.8 Å². The highest BCUT2D eigenvalue weighted by atomic mass is 16.6. The molecule has 84 valence electrons. The minimum Gasteiger partial charge on any atom is -0.472 e. The van der Waals surface area contributed by atoms with Crippen LogP contribution in [0.4, 0.5) is 0 Å². The van der Waals surface area contributed by atoms with Gasteiger partial charge in [0.25, 0.3) is 5.91 Å². The topological polar surface area (TPSA) is 49.8 Å². The third-order valence-corrected chi connectivity index (χ3v) is 3.46. The first-order valence-corrected chi connectivity index (χ1v) is 5.44. The van der Waals surface area contributed by atoms with Crippen LogP contribution in [0.1, 0.15) is 19.8 Å². The maximum atomic E-state index is 11.8. The molecule has 0 aliphatic carbocycles. The second-order valence-corrected chi connectivity index (χ2v) is 4.29. The van der Waals surface area contributed by atoms with Gasteiger partial charge in [-0.15, -0.1) is 0 Å². The predicted octanol–water partition coefficient (Wildman–Crippen LogP) is 0.723. The minimum absolute atomic E-state index is 0.0385. The molecule has 0 radical (unpaired) electrons. The number of aliphatic hydroxyl groups is 1. The van der Waals surface area contributed by atoms with Crippen molar-refractivity contribution in [1.82, 2.24) is 4.90 Å². The molecule has 15 heavy (non-hydrogen) atoms. The van der Waals surface area contributed by atoms with E-state index in [-0.39, 0.29) is 17.7 Å². The first kappa shape index (κ1) is 10.5. The van der Waals surface area contributed by atoms with E-state index in [0.29, 0.717) is 0 Å². The molecule has 0 aromatic rings. The van der Waals surface area contributed by atoms with Gasteiger partial charge in [0.05, 0.1) is 11.8 Å². The van der Waals surface area contributed by atoms with Crippen molar-refractivity contribution in [3.05, 3.63) is 11.8 Å². The zero-order valence-corrected chi connectivity index (χ0v) is 9.14. The Bertz CT molecular complexity index is 300. The van der Waals surface area contributed by atoms with Gasteiger partial charge in [0, 0.05) is 25.4 Å². The molecule has 4 nitrogen and oxygen atoms in total. The molecule has 0 spiro atoms. The van der Waals surface area contributed by atoms with Gasteiger partial charge in [0.2, 0.25) is 0 Å². The average molecular weight is 211 g/mol. The van der Waals surface area contributed by atoms with Crippen LogP contribution >= 0.6 is 0 Å². The molecule has 0 bridgehead atoms. The molecule has 1 N–H and O–H groups in total. The Morgan fingerprint density at radius 3 is 3.07 bits per heavy atom. The molecule has 1 fully saturated rings. The maximum absolute atomic E-state index is 11.8. The Balaban J connectivity index is 2.26. The van der Waals surface area contributed by atoms with Gasteiger partial charge in [-0.25, -0.2) is 0 Å². The molecule has 0 aromatic carbocycles. The van der Waals surface area contributed by atoms with Crippen molar-refractivity contribution < 1.29 is 14.6 Å². The zero-order chi connectivity index (χ0) is 11.0. The number of hydrogen-bond acceptors (Lipinski definition) is 3. The Hall–Kier alpha value is -1.03. The van der Waals surface area contributed by atoms with Crippen LogP contribution in [0.2, 0.25) is 0 Å². The van der Waals surface area contributed by atoms with E-state index in [1.165, 1.54) is 6.26 Å². The first-order valence-electron chi connectivity index (χ1n) is 5.44. The summed E-state index contributed by atoms with van der Waals surface area (Å²) < 4.78 is 5.12. The first-order chi connectivity index (χ1) is 7.15. The van der Waals surface area contributed by atoms with Crippen LogP contribution < -0.4 is 0 Å². The van der Waals surface area contributed by atoms with E-state index in [2.05, 4.69) is 0 Å². The lowest BCUT2D eigenvalue weighted by Gasteiger charge is -2.39. The fourth-order valence-corrected chi connectivity index (χ4v) is 2.48. The normalized spacial score (nSPS) is 35.7. The molecule has 0 aromatic heterocycles. The number of nitrogens with zero attached hydrogens (tertiary/aromatic N) is 1. The summed E-state index contributed by atoms with van der Waals surface area (Å²) in [5, 5.41) is 9.67. The molecule has 2 heterocycles. The number of piperidine rings is 1. The van der Waals surface area contributed by atoms with Crippen molar-refractivity contribution in [3.8, 4) is 0 Å². The highest BCUT2D eigenvalue weighted by Crippen LogP contribution is 2.37. The summed E-state index contributed by atoms with van der Waals surface area (Å²) in [6.07, 6.45) is 2.45. The lowest BCUT2D eigenvalue weighted by Crippen LogP contribution is -2.45. The van der Waals surface area contributed by atoms with Crippen LogP contribution in [0.25, 0.3) is 0 Å². The van der Waals surface area contributed by atoms with Crippen LogP contribution in [-0.4, -0.2) is 35.8 Å². The van der Waals surface area contributed by atoms with E-state index >= 15 is 0 Å². The van der Waals surface area contributed by atoms with Crippen LogP contribution in [0.5, 0.6) is 0 Å². The number of hydrogen-bond donors (Lipinski definition) is 1. The summed E-state index contributed by atoms with van der Waals surface area (Å²) in [5.41, 5.74) is 0.723. The monoisotopic (exact) mass is 211 g/mol. The highest BCUT2D eigenvalue weighted by molar-refractivity contribution is 5.94. The second-order valence-electron chi connectivity index (χ2n) is 4.29. The van der Waals surface area contributed by atoms with E-state index in [9.17, 15) is 9.90 Å². The number of carbonyl (C=O) groups excluding carboxylic acids is 1. The molecular formula is C11H17NO3. The van der Waals surface area contributed by atoms with Crippen LogP contribution in [0.15, 0.2) is 11.8 Å². The molecule has 2 aliphatic rings. The number of fused-ring (bicyclic) bond motifs is 1. The molecule has 0 unspecified atom stereocenters. The van der Waals surface area contributed by atoms with E-state index in [4.69, 9.17) is 4.74 Å². The van der Waals surface area contributed by atoms with Crippen LogP contribution in [0.3, 0.4) is 0 Å². The fraction of sp³-hybridized carbons (Fsp3) is 0.727. The highest BCUT2D eigenvalue weighted by Gasteiger charge is 2.40. The number of ether oxygens (including phenoxy) is 1. The Morgan fingerprint density at radius 1 is 1.67 bits per heavy atom. The summed E-state index contributed by atoms with van der Waals surface area (Å²) in [5.74, 6) is 0.265. The molecule has 2 rings (SSSR count). The quantitative estimate of drug-likeness (QED) is 0.695. The van der Waals surface area contributed by atoms with E-state index in [1.807, 2.05) is 6.92 Å². The Labute approximate surface area is 89.5 Å². The summed E-state index contributed by atoms with van der Waals surface area (Å²) in [4.78, 5) is 13.5. The third kappa shape index (κ3) is 1.63. The van der Waals surface area contributed by atoms with Gasteiger partial charge in [-0.3, -0.25) is 4.79 Å². The molecule has 1 saturated heterocycles. The minimum atomic E-state index is -0.750. The number of aliphatic hydroxyl groups excluding tert-OH is 1. The van der Waals surface area contributed by atoms with Crippen molar-refractivity contribution in [2.45, 2.75) is 26.1 Å². The smallest absolute Gasteiger partial charge is 0.252 e. The van der Waals surface area contributed by atoms with Crippen LogP contribution in [-0.2, 0) is 9.53 Å². The number of likely N-dealkylation sites (tertiary alicyclic amines) is 1. The molecule has 1 amide bonds. The summed E-state index contributed by atoms with van der Waals surface area (Å²) in [6.45, 7) is 2.78. The molecule has 3 atom stereocenters. The number of carbonyl (C=O) groups is 1. The van der Waals surface area contributed by atoms with Gasteiger partial charge in [0.15, 0.2) is 6.29 Å². The fourth-order valence-electron chi connectivity index (χ4n) is 2.48. The summed E-state index contributed by atoms with van der Waals surface area (Å²) in [6, 6.07) is 0. The van der Waals surface area contributed by atoms with Crippen molar-refractivity contribution in [1.29, 1.82) is 0 Å². The lowest BCUT2D eigenvalue weighted by atomic mass is 9.78. The van der Waals surface area contributed by atoms with Gasteiger partial charge in [-0.1, -0.05) is 6.92 Å². The number of rotatable bonds is 1. The molecule has 0 saturated carbocycles. The van der Waals surface area contributed by atoms with E-state index in [0.717, 1.165) is 25.0 Å². The molecule has 2 aliphatic heterocycles. The number of amides is 1. The summed E-state index contributed by atoms with van der Waals surface area (Å²) >= 11 is 0. The summed E-state index contributed by atoms with van der Waals surface area (Å²) in [7, 11) is 1.80. The van der Waals surface area contributed by atoms with E-state index in [1.54, 1.807) is 11.9 Å². The Morgan fingerprint density at radius 2 is 2.40 bits per heavy atom. The average Bonchev–Trinajstić information content (AvgIpc) is 2.23. The van der Waals surface area contributed by atoms with Gasteiger partial charge in [0.1, 0.15) is 0 Å². The lowest BCUT2D eigenvalue weighted by molar-refractivity contribution is -0.142. The third-order valence-electron chi connectivity index (χ3n) is 3.46. The predicted molar refractivity (Wildman–Crippen MR) is 54.7 cm³/mol. The van der Waals surface area contributed by atoms with Crippen molar-refractivity contribution in [2.75, 3.05) is 13.6 Å². The second kappa shape index (κ2) is 3.85. The maximum Gasteiger partial charge on any atom is 0.252 e. The largest absolute Gasteiger partial charge is 0.472 e. The standard InChI is InChI=1S/C11H17NO3/c1-3-7-8-4-5-12(2)10(13)9(8)6-15-11(7)14/h6-8,11,14H,3-5H2,1-2H3/t7-,8-,11+/m0/s1. The number of likely N-dealkylation sites (N-methyl/N-ethyl adjacent to an activating group) is 1. The van der Waals surface area contributed by atoms with E-state index < -0.39 is 6.29 Å².